The highest BCUT2D eigenvalue weighted by atomic mass is 35.5. The van der Waals surface area contributed by atoms with Gasteiger partial charge in [0.05, 0.1) is 10.5 Å². The highest BCUT2D eigenvalue weighted by molar-refractivity contribution is 7.85. The molecule has 0 spiro atoms. The molecule has 0 saturated carbocycles. The van der Waals surface area contributed by atoms with Crippen LogP contribution in [-0.4, -0.2) is 32.4 Å². The first-order valence-corrected chi connectivity index (χ1v) is 11.2. The van der Waals surface area contributed by atoms with Crippen molar-refractivity contribution in [3.05, 3.63) is 76.7 Å². The summed E-state index contributed by atoms with van der Waals surface area (Å²) in [6.07, 6.45) is 0. The van der Waals surface area contributed by atoms with Crippen LogP contribution >= 0.6 is 11.6 Å². The third-order valence-corrected chi connectivity index (χ3v) is 6.27. The molecule has 3 atom stereocenters. The molecule has 2 aromatic rings. The summed E-state index contributed by atoms with van der Waals surface area (Å²) in [5, 5.41) is 5.98. The van der Waals surface area contributed by atoms with Gasteiger partial charge in [-0.3, -0.25) is 4.21 Å². The molecular weight excluding hydrogens is 410 g/mol. The highest BCUT2D eigenvalue weighted by Crippen LogP contribution is 2.39. The van der Waals surface area contributed by atoms with Gasteiger partial charge in [-0.05, 0) is 31.9 Å². The summed E-state index contributed by atoms with van der Waals surface area (Å²) in [7, 11) is -1.45. The number of nitrogens with one attached hydrogen (secondary N) is 1. The van der Waals surface area contributed by atoms with Gasteiger partial charge in [0, 0.05) is 28.0 Å². The maximum Gasteiger partial charge on any atom is 0.341 e. The van der Waals surface area contributed by atoms with Crippen LogP contribution in [-0.2, 0) is 10.8 Å². The Morgan fingerprint density at radius 2 is 1.59 bits per heavy atom. The molecule has 6 nitrogen and oxygen atoms in total. The molecule has 2 amide bonds. The molecule has 0 fully saturated rings. The number of nitroso groups, excluding NO2 is 1. The van der Waals surface area contributed by atoms with E-state index in [-0.39, 0.29) is 11.6 Å². The molecule has 1 N–H and O–H groups in total. The molecule has 2 aromatic carbocycles. The van der Waals surface area contributed by atoms with Gasteiger partial charge in [0.1, 0.15) is 6.04 Å². The number of benzene rings is 2. The summed E-state index contributed by atoms with van der Waals surface area (Å²) in [4.78, 5) is 24.8. The Labute approximate surface area is 179 Å². The third-order valence-electron chi connectivity index (χ3n) is 4.16. The summed E-state index contributed by atoms with van der Waals surface area (Å²) in [5.74, 6) is 0.415. The maximum absolute atomic E-state index is 13.2. The predicted octanol–water partition coefficient (Wildman–Crippen LogP) is 4.95. The van der Waals surface area contributed by atoms with Crippen molar-refractivity contribution in [1.82, 2.24) is 10.3 Å². The van der Waals surface area contributed by atoms with Crippen molar-refractivity contribution in [2.24, 2.45) is 5.29 Å². The standard InChI is InChI=1S/C21H26ClN3O3S/c1-21(2,3)23-20(26)25(24-27)18(16-10-6-4-7-11-16)19(29(28)15-14-22)17-12-8-5-9-13-17/h4-13,18-19H,14-15H2,1-3H3,(H,23,26). The van der Waals surface area contributed by atoms with Gasteiger partial charge in [0.15, 0.2) is 0 Å². The van der Waals surface area contributed by atoms with E-state index in [1.54, 1.807) is 24.3 Å². The van der Waals surface area contributed by atoms with E-state index in [9.17, 15) is 13.9 Å². The molecule has 29 heavy (non-hydrogen) atoms. The average molecular weight is 436 g/mol. The van der Waals surface area contributed by atoms with Crippen LogP contribution in [0.3, 0.4) is 0 Å². The predicted molar refractivity (Wildman–Crippen MR) is 118 cm³/mol. The average Bonchev–Trinajstić information content (AvgIpc) is 2.68. The Hall–Kier alpha value is -2.25. The number of nitrogens with zero attached hydrogens (tertiary/aromatic N) is 2. The lowest BCUT2D eigenvalue weighted by Crippen LogP contribution is -2.48. The zero-order valence-electron chi connectivity index (χ0n) is 16.7. The molecule has 8 heteroatoms. The van der Waals surface area contributed by atoms with Crippen molar-refractivity contribution in [3.63, 3.8) is 0 Å². The van der Waals surface area contributed by atoms with E-state index in [0.29, 0.717) is 5.56 Å². The van der Waals surface area contributed by atoms with E-state index >= 15 is 0 Å². The Kier molecular flexibility index (Phi) is 8.34. The Morgan fingerprint density at radius 3 is 2.03 bits per heavy atom. The van der Waals surface area contributed by atoms with Crippen LogP contribution in [0.1, 0.15) is 43.2 Å². The minimum Gasteiger partial charge on any atom is -0.332 e. The van der Waals surface area contributed by atoms with Gasteiger partial charge < -0.3 is 5.32 Å². The fourth-order valence-corrected chi connectivity index (χ4v) is 4.89. The summed E-state index contributed by atoms with van der Waals surface area (Å²) in [5.41, 5.74) is 0.827. The van der Waals surface area contributed by atoms with E-state index < -0.39 is 33.7 Å². The number of alkyl halides is 1. The molecule has 0 bridgehead atoms. The minimum atomic E-state index is -1.45. The molecule has 3 unspecified atom stereocenters. The van der Waals surface area contributed by atoms with E-state index in [2.05, 4.69) is 10.6 Å². The number of amides is 2. The lowest BCUT2D eigenvalue weighted by Gasteiger charge is -2.33. The molecule has 0 aromatic heterocycles. The molecule has 0 aliphatic heterocycles. The van der Waals surface area contributed by atoms with Gasteiger partial charge in [0.25, 0.3) is 0 Å². The monoisotopic (exact) mass is 435 g/mol. The fourth-order valence-electron chi connectivity index (χ4n) is 3.01. The van der Waals surface area contributed by atoms with Crippen molar-refractivity contribution in [3.8, 4) is 0 Å². The SMILES string of the molecule is CC(C)(C)NC(=O)N(N=O)C(c1ccccc1)C(c1ccccc1)S(=O)CCCl. The molecule has 0 radical (unpaired) electrons. The van der Waals surface area contributed by atoms with Crippen LogP contribution in [0.2, 0.25) is 0 Å². The number of halogens is 1. The van der Waals surface area contributed by atoms with Crippen LogP contribution in [0.15, 0.2) is 65.9 Å². The second-order valence-corrected chi connectivity index (χ2v) is 9.62. The number of carbonyl (C=O) groups is 1. The van der Waals surface area contributed by atoms with Gasteiger partial charge in [-0.2, -0.15) is 5.01 Å². The smallest absolute Gasteiger partial charge is 0.332 e. The largest absolute Gasteiger partial charge is 0.341 e. The molecule has 0 saturated heterocycles. The van der Waals surface area contributed by atoms with E-state index in [1.807, 2.05) is 57.2 Å². The number of hydrogen-bond acceptors (Lipinski definition) is 4. The first kappa shape index (κ1) is 23.0. The van der Waals surface area contributed by atoms with Crippen molar-refractivity contribution in [1.29, 1.82) is 0 Å². The molecule has 0 aliphatic rings. The topological polar surface area (TPSA) is 78.8 Å². The van der Waals surface area contributed by atoms with Crippen LogP contribution in [0.4, 0.5) is 4.79 Å². The van der Waals surface area contributed by atoms with Gasteiger partial charge >= 0.3 is 6.03 Å². The number of hydrogen-bond donors (Lipinski definition) is 1. The van der Waals surface area contributed by atoms with Gasteiger partial charge in [-0.25, -0.2) is 4.79 Å². The first-order valence-electron chi connectivity index (χ1n) is 9.26. The summed E-state index contributed by atoms with van der Waals surface area (Å²) in [6, 6.07) is 16.7. The second-order valence-electron chi connectivity index (χ2n) is 7.57. The normalized spacial score (nSPS) is 14.5. The Bertz CT molecular complexity index is 828. The van der Waals surface area contributed by atoms with E-state index in [1.165, 1.54) is 0 Å². The lowest BCUT2D eigenvalue weighted by molar-refractivity contribution is 0.165. The van der Waals surface area contributed by atoms with E-state index in [4.69, 9.17) is 11.6 Å². The minimum absolute atomic E-state index is 0.195. The Balaban J connectivity index is 2.61. The van der Waals surface area contributed by atoms with Crippen LogP contribution in [0.5, 0.6) is 0 Å². The number of urea groups is 1. The lowest BCUT2D eigenvalue weighted by atomic mass is 9.97. The molecule has 0 aliphatic carbocycles. The maximum atomic E-state index is 13.2. The van der Waals surface area contributed by atoms with Gasteiger partial charge in [-0.1, -0.05) is 60.7 Å². The van der Waals surface area contributed by atoms with E-state index in [0.717, 1.165) is 10.6 Å². The van der Waals surface area contributed by atoms with Crippen molar-refractivity contribution >= 4 is 28.4 Å². The zero-order chi connectivity index (χ0) is 21.4. The molecule has 2 rings (SSSR count). The first-order chi connectivity index (χ1) is 13.8. The summed E-state index contributed by atoms with van der Waals surface area (Å²) in [6.45, 7) is 5.43. The molecular formula is C21H26ClN3O3S. The Morgan fingerprint density at radius 1 is 1.07 bits per heavy atom. The fraction of sp³-hybridized carbons (Fsp3) is 0.381. The summed E-state index contributed by atoms with van der Waals surface area (Å²) < 4.78 is 13.2. The zero-order valence-corrected chi connectivity index (χ0v) is 18.3. The highest BCUT2D eigenvalue weighted by Gasteiger charge is 2.38. The van der Waals surface area contributed by atoms with Crippen molar-refractivity contribution in [2.45, 2.75) is 37.6 Å². The van der Waals surface area contributed by atoms with Crippen molar-refractivity contribution in [2.75, 3.05) is 11.6 Å². The van der Waals surface area contributed by atoms with Crippen LogP contribution < -0.4 is 5.32 Å². The molecule has 0 heterocycles. The molecule has 156 valence electrons. The number of carbonyl (C=O) groups excluding carboxylic acids is 1. The summed E-state index contributed by atoms with van der Waals surface area (Å²) >= 11 is 5.87. The number of rotatable bonds is 8. The van der Waals surface area contributed by atoms with Gasteiger partial charge in [0.2, 0.25) is 0 Å². The van der Waals surface area contributed by atoms with Crippen molar-refractivity contribution < 1.29 is 9.00 Å². The second kappa shape index (κ2) is 10.5. The van der Waals surface area contributed by atoms with Crippen LogP contribution in [0, 0.1) is 4.91 Å². The third kappa shape index (κ3) is 6.37. The quantitative estimate of drug-likeness (QED) is 0.362. The van der Waals surface area contributed by atoms with Crippen LogP contribution in [0.25, 0.3) is 0 Å². The van der Waals surface area contributed by atoms with Gasteiger partial charge in [-0.15, -0.1) is 16.5 Å².